The number of aromatic nitrogens is 1. The van der Waals surface area contributed by atoms with Crippen LogP contribution in [0.25, 0.3) is 0 Å². The van der Waals surface area contributed by atoms with Crippen LogP contribution in [-0.4, -0.2) is 46.9 Å². The van der Waals surface area contributed by atoms with Gasteiger partial charge in [0.2, 0.25) is 11.2 Å². The third-order valence-electron chi connectivity index (χ3n) is 6.94. The fraction of sp³-hybridized carbons (Fsp3) is 0.296. The molecular weight excluding hydrogens is 574 g/mol. The molecule has 0 spiro atoms. The molecule has 210 valence electrons. The van der Waals surface area contributed by atoms with Crippen LogP contribution in [0.1, 0.15) is 46.9 Å². The van der Waals surface area contributed by atoms with Crippen molar-refractivity contribution in [1.29, 1.82) is 0 Å². The van der Waals surface area contributed by atoms with Gasteiger partial charge in [0.15, 0.2) is 5.69 Å². The van der Waals surface area contributed by atoms with Crippen LogP contribution in [-0.2, 0) is 10.5 Å². The van der Waals surface area contributed by atoms with E-state index in [1.807, 2.05) is 6.07 Å². The Bertz CT molecular complexity index is 1580. The number of hydrogen-bond donors (Lipinski definition) is 0. The molecule has 13 heteroatoms. The zero-order valence-electron chi connectivity index (χ0n) is 21.2. The van der Waals surface area contributed by atoms with Crippen molar-refractivity contribution in [2.24, 2.45) is 0 Å². The quantitative estimate of drug-likeness (QED) is 0.301. The SMILES string of the molecule is CC(=O)Oc1c2n(ccc1=O)N(C[C@H]1c3cccc(F)c3SCc3cccc(Cl)c31)CN([C@H](C)C(F)(F)F)C2=O. The Labute approximate surface area is 235 Å². The van der Waals surface area contributed by atoms with Gasteiger partial charge in [-0.25, -0.2) is 4.39 Å². The van der Waals surface area contributed by atoms with Gasteiger partial charge in [-0.1, -0.05) is 35.9 Å². The van der Waals surface area contributed by atoms with Crippen LogP contribution in [0.5, 0.6) is 5.75 Å². The first-order chi connectivity index (χ1) is 18.9. The number of carbonyl (C=O) groups excluding carboxylic acids is 2. The van der Waals surface area contributed by atoms with Crippen LogP contribution in [0.4, 0.5) is 17.6 Å². The van der Waals surface area contributed by atoms with Gasteiger partial charge in [0.25, 0.3) is 5.91 Å². The van der Waals surface area contributed by atoms with Crippen molar-refractivity contribution < 1.29 is 31.9 Å². The summed E-state index contributed by atoms with van der Waals surface area (Å²) in [7, 11) is 0. The van der Waals surface area contributed by atoms with E-state index in [-0.39, 0.29) is 6.54 Å². The maximum Gasteiger partial charge on any atom is 0.408 e. The van der Waals surface area contributed by atoms with Gasteiger partial charge < -0.3 is 9.64 Å². The molecular formula is C27H22ClF4N3O4S. The number of hydrogen-bond acceptors (Lipinski definition) is 6. The lowest BCUT2D eigenvalue weighted by molar-refractivity contribution is -0.173. The van der Waals surface area contributed by atoms with Crippen LogP contribution < -0.4 is 15.2 Å². The minimum absolute atomic E-state index is 0.0580. The number of halogens is 5. The highest BCUT2D eigenvalue weighted by molar-refractivity contribution is 7.98. The predicted octanol–water partition coefficient (Wildman–Crippen LogP) is 5.31. The summed E-state index contributed by atoms with van der Waals surface area (Å²) in [6, 6.07) is 8.74. The van der Waals surface area contributed by atoms with Gasteiger partial charge in [-0.05, 0) is 35.7 Å². The van der Waals surface area contributed by atoms with Crippen molar-refractivity contribution in [1.82, 2.24) is 9.58 Å². The van der Waals surface area contributed by atoms with Crippen LogP contribution in [0, 0.1) is 5.82 Å². The molecule has 2 atom stereocenters. The fourth-order valence-corrected chi connectivity index (χ4v) is 6.46. The van der Waals surface area contributed by atoms with Crippen molar-refractivity contribution >= 4 is 35.2 Å². The van der Waals surface area contributed by atoms with Crippen LogP contribution in [0.2, 0.25) is 5.02 Å². The van der Waals surface area contributed by atoms with Gasteiger partial charge >= 0.3 is 12.1 Å². The Morgan fingerprint density at radius 1 is 1.18 bits per heavy atom. The summed E-state index contributed by atoms with van der Waals surface area (Å²) >= 11 is 7.95. The summed E-state index contributed by atoms with van der Waals surface area (Å²) in [5.41, 5.74) is 0.713. The zero-order valence-corrected chi connectivity index (χ0v) is 22.7. The molecule has 5 rings (SSSR count). The summed E-state index contributed by atoms with van der Waals surface area (Å²) in [4.78, 5) is 38.8. The van der Waals surface area contributed by atoms with E-state index < -0.39 is 59.4 Å². The molecule has 1 aromatic heterocycles. The van der Waals surface area contributed by atoms with Gasteiger partial charge in [0.05, 0.1) is 0 Å². The maximum atomic E-state index is 15.0. The molecule has 0 saturated heterocycles. The second-order valence-corrected chi connectivity index (χ2v) is 10.8. The number of esters is 1. The summed E-state index contributed by atoms with van der Waals surface area (Å²) < 4.78 is 62.9. The Morgan fingerprint density at radius 3 is 2.60 bits per heavy atom. The summed E-state index contributed by atoms with van der Waals surface area (Å²) in [5.74, 6) is -3.39. The second kappa shape index (κ2) is 10.5. The number of rotatable bonds is 4. The lowest BCUT2D eigenvalue weighted by atomic mass is 9.88. The minimum atomic E-state index is -4.79. The van der Waals surface area contributed by atoms with Gasteiger partial charge in [0.1, 0.15) is 18.5 Å². The average molecular weight is 596 g/mol. The smallest absolute Gasteiger partial charge is 0.408 e. The Morgan fingerprint density at radius 2 is 1.90 bits per heavy atom. The Hall–Kier alpha value is -3.51. The lowest BCUT2D eigenvalue weighted by Crippen LogP contribution is -2.60. The van der Waals surface area contributed by atoms with Gasteiger partial charge in [-0.2, -0.15) is 13.2 Å². The molecule has 0 unspecified atom stereocenters. The summed E-state index contributed by atoms with van der Waals surface area (Å²) in [6.45, 7) is 1.26. The number of pyridine rings is 1. The van der Waals surface area contributed by atoms with Crippen molar-refractivity contribution in [2.75, 3.05) is 18.2 Å². The van der Waals surface area contributed by atoms with E-state index in [2.05, 4.69) is 0 Å². The summed E-state index contributed by atoms with van der Waals surface area (Å²) in [5, 5.41) is 1.82. The van der Waals surface area contributed by atoms with Gasteiger partial charge in [-0.3, -0.25) is 24.1 Å². The fourth-order valence-electron chi connectivity index (χ4n) is 5.00. The molecule has 0 saturated carbocycles. The van der Waals surface area contributed by atoms with Crippen molar-refractivity contribution in [3.05, 3.63) is 92.1 Å². The number of nitrogens with zero attached hydrogens (tertiary/aromatic N) is 3. The number of carbonyl (C=O) groups is 2. The Balaban J connectivity index is 1.71. The standard InChI is InChI=1S/C27H22ClF4N3O4S/c1-14(27(30,31)32)34-13-33(35-10-9-21(37)24(39-15(2)36)23(35)26(34)38)11-18-17-6-4-8-20(29)25(17)40-12-16-5-3-7-19(28)22(16)18/h3-10,14,18H,11-13H2,1-2H3/t14-,18+/m1/s1. The molecule has 0 N–H and O–H groups in total. The molecule has 2 aliphatic heterocycles. The number of ether oxygens (including phenoxy) is 1. The first-order valence-electron chi connectivity index (χ1n) is 12.1. The molecule has 40 heavy (non-hydrogen) atoms. The third kappa shape index (κ3) is 4.94. The number of alkyl halides is 3. The van der Waals surface area contributed by atoms with Crippen LogP contribution in [0.3, 0.4) is 0 Å². The number of amides is 1. The molecule has 2 aliphatic rings. The van der Waals surface area contributed by atoms with Crippen molar-refractivity contribution in [3.8, 4) is 5.75 Å². The highest BCUT2D eigenvalue weighted by Gasteiger charge is 2.47. The minimum Gasteiger partial charge on any atom is -0.420 e. The van der Waals surface area contributed by atoms with E-state index in [0.29, 0.717) is 31.7 Å². The maximum absolute atomic E-state index is 15.0. The van der Waals surface area contributed by atoms with E-state index in [9.17, 15) is 27.6 Å². The molecule has 0 aliphatic carbocycles. The number of fused-ring (bicyclic) bond motifs is 3. The van der Waals surface area contributed by atoms with E-state index in [4.69, 9.17) is 16.3 Å². The highest BCUT2D eigenvalue weighted by atomic mass is 35.5. The molecule has 1 amide bonds. The monoisotopic (exact) mass is 595 g/mol. The topological polar surface area (TPSA) is 71.8 Å². The molecule has 3 aromatic rings. The molecule has 0 bridgehead atoms. The number of thioether (sulfide) groups is 1. The first kappa shape index (κ1) is 28.0. The Kier molecular flexibility index (Phi) is 7.34. The molecule has 7 nitrogen and oxygen atoms in total. The van der Waals surface area contributed by atoms with E-state index in [0.717, 1.165) is 25.5 Å². The van der Waals surface area contributed by atoms with Crippen LogP contribution in [0.15, 0.2) is 58.4 Å². The second-order valence-electron chi connectivity index (χ2n) is 9.43. The molecule has 3 heterocycles. The van der Waals surface area contributed by atoms with Gasteiger partial charge in [0, 0.05) is 47.3 Å². The number of benzene rings is 2. The highest BCUT2D eigenvalue weighted by Crippen LogP contribution is 2.45. The van der Waals surface area contributed by atoms with E-state index in [1.165, 1.54) is 33.7 Å². The van der Waals surface area contributed by atoms with E-state index in [1.54, 1.807) is 24.3 Å². The lowest BCUT2D eigenvalue weighted by Gasteiger charge is -2.43. The largest absolute Gasteiger partial charge is 0.420 e. The van der Waals surface area contributed by atoms with Crippen LogP contribution >= 0.6 is 23.4 Å². The molecule has 0 radical (unpaired) electrons. The average Bonchev–Trinajstić information content (AvgIpc) is 3.04. The normalized spacial score (nSPS) is 17.5. The van der Waals surface area contributed by atoms with E-state index >= 15 is 4.39 Å². The predicted molar refractivity (Wildman–Crippen MR) is 141 cm³/mol. The molecule has 2 aromatic carbocycles. The molecule has 0 fully saturated rings. The zero-order chi connectivity index (χ0) is 28.9. The van der Waals surface area contributed by atoms with Crippen molar-refractivity contribution in [3.63, 3.8) is 0 Å². The first-order valence-corrected chi connectivity index (χ1v) is 13.5. The van der Waals surface area contributed by atoms with Crippen molar-refractivity contribution in [2.45, 2.75) is 42.6 Å². The van der Waals surface area contributed by atoms with Gasteiger partial charge in [-0.15, -0.1) is 11.8 Å². The third-order valence-corrected chi connectivity index (χ3v) is 8.44. The summed E-state index contributed by atoms with van der Waals surface area (Å²) in [6.07, 6.45) is -3.55.